The molecule has 5 aromatic rings. The van der Waals surface area contributed by atoms with Gasteiger partial charge in [0.2, 0.25) is 17.7 Å². The lowest BCUT2D eigenvalue weighted by atomic mass is 9.91. The first-order chi connectivity index (χ1) is 34.6. The van der Waals surface area contributed by atoms with Crippen molar-refractivity contribution < 1.29 is 19.5 Å². The molecule has 9 rings (SSSR count). The average molecular weight is 1020 g/mol. The van der Waals surface area contributed by atoms with Crippen LogP contribution in [0.5, 0.6) is 0 Å². The minimum Gasteiger partial charge on any atom is -0.391 e. The lowest BCUT2D eigenvalue weighted by molar-refractivity contribution is -0.142. The minimum absolute atomic E-state index is 0.0565. The molecule has 0 aliphatic carbocycles. The number of nitrogens with two attached hydrogens (primary N) is 1. The number of aliphatic hydroxyl groups is 1. The van der Waals surface area contributed by atoms with Gasteiger partial charge < -0.3 is 35.8 Å². The molecular weight excluding hydrogens is 954 g/mol. The van der Waals surface area contributed by atoms with Crippen molar-refractivity contribution in [2.24, 2.45) is 24.6 Å². The highest BCUT2D eigenvalue weighted by Crippen LogP contribution is 2.39. The molecule has 0 spiro atoms. The van der Waals surface area contributed by atoms with E-state index in [-0.39, 0.29) is 54.1 Å². The SMILES string of the molecule is Cc1cn([C@H](C(=O)N2C[C@H](O)C[C@H]2C(=O)N[C@@H](CCN2CCN(C(=O)C3CCN(c4nccc(Sc5cnc(N6CCC(C)(N)CC6)cn5)c4Cl)CC3)CC2)c2ccc(-c3ccnn3C)cc2)C(C)C)nn1. The van der Waals surface area contributed by atoms with E-state index in [2.05, 4.69) is 47.3 Å². The van der Waals surface area contributed by atoms with Crippen molar-refractivity contribution in [3.63, 3.8) is 0 Å². The monoisotopic (exact) mass is 1020 g/mol. The van der Waals surface area contributed by atoms with Crippen LogP contribution in [0.25, 0.3) is 11.3 Å². The number of anilines is 2. The average Bonchev–Trinajstić information content (AvgIpc) is 4.13. The van der Waals surface area contributed by atoms with E-state index in [1.807, 2.05) is 80.0 Å². The minimum atomic E-state index is -0.854. The predicted octanol–water partition coefficient (Wildman–Crippen LogP) is 4.76. The maximum atomic E-state index is 14.4. The van der Waals surface area contributed by atoms with Crippen LogP contribution in [-0.2, 0) is 21.4 Å². The molecule has 1 aromatic carbocycles. The molecule has 4 aliphatic rings. The quantitative estimate of drug-likeness (QED) is 0.129. The number of hydrogen-bond acceptors (Lipinski definition) is 15. The second-order valence-electron chi connectivity index (χ2n) is 20.6. The van der Waals surface area contributed by atoms with E-state index in [1.54, 1.807) is 29.5 Å². The van der Waals surface area contributed by atoms with Gasteiger partial charge in [0.15, 0.2) is 0 Å². The van der Waals surface area contributed by atoms with Crippen molar-refractivity contribution in [2.75, 3.05) is 75.2 Å². The number of β-amino-alcohol motifs (C(OH)–C–C–N with tert-alkyl or cyclic N) is 1. The van der Waals surface area contributed by atoms with Crippen LogP contribution >= 0.6 is 23.4 Å². The number of piperidine rings is 2. The number of aromatic nitrogens is 8. The Bertz CT molecular complexity index is 2660. The van der Waals surface area contributed by atoms with Gasteiger partial charge in [-0.15, -0.1) is 5.10 Å². The van der Waals surface area contributed by atoms with Gasteiger partial charge in [-0.1, -0.05) is 66.7 Å². The Morgan fingerprint density at radius 1 is 0.931 bits per heavy atom. The van der Waals surface area contributed by atoms with Crippen LogP contribution in [0.1, 0.15) is 82.6 Å². The lowest BCUT2D eigenvalue weighted by Crippen LogP contribution is -2.52. The third-order valence-electron chi connectivity index (χ3n) is 14.9. The van der Waals surface area contributed by atoms with Gasteiger partial charge in [-0.3, -0.25) is 24.0 Å². The normalized spacial score (nSPS) is 20.8. The number of carbonyl (C=O) groups is 3. The molecule has 72 heavy (non-hydrogen) atoms. The zero-order valence-electron chi connectivity index (χ0n) is 42.0. The molecule has 4 aliphatic heterocycles. The standard InChI is InChI=1S/C51H68ClN15O4S/c1-33(2)46(67-31-34(3)59-60-67)50(71)66-32-38(68)28-41(66)48(69)58-39(35-6-8-36(9-7-35)40-10-18-57-61(40)5)14-19-62-24-26-65(27-25-62)49(70)37-12-20-64(21-13-37)47-45(52)42(11-17-54-47)72-44-30-55-43(29-56-44)63-22-15-51(4,53)16-23-63/h6-11,17-18,29-31,33,37-39,41,46,68H,12-16,19-28,32,53H2,1-5H3,(H,58,69)/t38-,39+,41+,46+/m1/s1. The molecule has 3 amide bonds. The predicted molar refractivity (Wildman–Crippen MR) is 276 cm³/mol. The molecule has 0 bridgehead atoms. The third-order valence-corrected chi connectivity index (χ3v) is 16.3. The van der Waals surface area contributed by atoms with E-state index in [0.29, 0.717) is 81.6 Å². The number of likely N-dealkylation sites (tertiary alicyclic amines) is 1. The number of piperazine rings is 1. The number of pyridine rings is 1. The molecule has 0 unspecified atom stereocenters. The van der Waals surface area contributed by atoms with Crippen LogP contribution in [0.3, 0.4) is 0 Å². The molecule has 4 aromatic heterocycles. The summed E-state index contributed by atoms with van der Waals surface area (Å²) in [6, 6.07) is 10.1. The second kappa shape index (κ2) is 22.2. The number of carbonyl (C=O) groups excluding carboxylic acids is 3. The zero-order valence-corrected chi connectivity index (χ0v) is 43.6. The van der Waals surface area contributed by atoms with Gasteiger partial charge in [0.1, 0.15) is 28.7 Å². The Morgan fingerprint density at radius 3 is 2.31 bits per heavy atom. The van der Waals surface area contributed by atoms with Crippen molar-refractivity contribution in [1.29, 1.82) is 0 Å². The summed E-state index contributed by atoms with van der Waals surface area (Å²) in [5.41, 5.74) is 9.78. The summed E-state index contributed by atoms with van der Waals surface area (Å²) >= 11 is 8.47. The molecule has 21 heteroatoms. The van der Waals surface area contributed by atoms with E-state index in [0.717, 1.165) is 58.5 Å². The maximum absolute atomic E-state index is 14.4. The molecule has 8 heterocycles. The van der Waals surface area contributed by atoms with Gasteiger partial charge in [0.05, 0.1) is 40.9 Å². The number of amides is 3. The number of aryl methyl sites for hydroxylation is 2. The highest BCUT2D eigenvalue weighted by atomic mass is 35.5. The Labute approximate surface area is 430 Å². The molecule has 4 saturated heterocycles. The summed E-state index contributed by atoms with van der Waals surface area (Å²) in [6.45, 7) is 14.3. The number of halogens is 1. The first-order valence-electron chi connectivity index (χ1n) is 25.3. The Kier molecular flexibility index (Phi) is 15.8. The number of nitrogens with one attached hydrogen (secondary N) is 1. The van der Waals surface area contributed by atoms with E-state index in [1.165, 1.54) is 16.7 Å². The van der Waals surface area contributed by atoms with Crippen molar-refractivity contribution in [2.45, 2.75) is 106 Å². The fourth-order valence-electron chi connectivity index (χ4n) is 10.5. The first kappa shape index (κ1) is 51.2. The molecule has 0 radical (unpaired) electrons. The third kappa shape index (κ3) is 11.7. The fourth-order valence-corrected chi connectivity index (χ4v) is 11.6. The van der Waals surface area contributed by atoms with Crippen LogP contribution in [0, 0.1) is 18.8 Å². The van der Waals surface area contributed by atoms with Crippen LogP contribution in [-0.4, -0.2) is 160 Å². The molecule has 0 saturated carbocycles. The summed E-state index contributed by atoms with van der Waals surface area (Å²) in [4.78, 5) is 67.7. The van der Waals surface area contributed by atoms with Gasteiger partial charge in [0, 0.05) is 114 Å². The molecule has 4 N–H and O–H groups in total. The van der Waals surface area contributed by atoms with Crippen LogP contribution < -0.4 is 20.9 Å². The van der Waals surface area contributed by atoms with E-state index in [4.69, 9.17) is 27.3 Å². The molecule has 19 nitrogen and oxygen atoms in total. The summed E-state index contributed by atoms with van der Waals surface area (Å²) in [6.07, 6.45) is 12.0. The molecule has 4 fully saturated rings. The van der Waals surface area contributed by atoms with Gasteiger partial charge in [-0.2, -0.15) is 5.10 Å². The largest absolute Gasteiger partial charge is 0.391 e. The highest BCUT2D eigenvalue weighted by Gasteiger charge is 2.43. The van der Waals surface area contributed by atoms with Gasteiger partial charge >= 0.3 is 0 Å². The zero-order chi connectivity index (χ0) is 50.7. The Hall–Kier alpha value is -5.67. The van der Waals surface area contributed by atoms with Crippen LogP contribution in [0.4, 0.5) is 11.6 Å². The number of benzene rings is 1. The maximum Gasteiger partial charge on any atom is 0.248 e. The van der Waals surface area contributed by atoms with Gasteiger partial charge in [-0.25, -0.2) is 19.6 Å². The van der Waals surface area contributed by atoms with E-state index < -0.39 is 18.2 Å². The fraction of sp³-hybridized carbons (Fsp3) is 0.549. The van der Waals surface area contributed by atoms with Crippen molar-refractivity contribution in [3.8, 4) is 11.3 Å². The molecule has 4 atom stereocenters. The number of hydrogen-bond donors (Lipinski definition) is 3. The van der Waals surface area contributed by atoms with E-state index >= 15 is 0 Å². The highest BCUT2D eigenvalue weighted by molar-refractivity contribution is 7.99. The number of rotatable bonds is 15. The van der Waals surface area contributed by atoms with Gasteiger partial charge in [-0.05, 0) is 75.1 Å². The smallest absolute Gasteiger partial charge is 0.248 e. The van der Waals surface area contributed by atoms with E-state index in [9.17, 15) is 19.5 Å². The Balaban J connectivity index is 0.788. The van der Waals surface area contributed by atoms with Gasteiger partial charge in [0.25, 0.3) is 0 Å². The van der Waals surface area contributed by atoms with Crippen molar-refractivity contribution >= 4 is 52.7 Å². The van der Waals surface area contributed by atoms with Crippen molar-refractivity contribution in [1.82, 2.24) is 59.7 Å². The summed E-state index contributed by atoms with van der Waals surface area (Å²) in [5.74, 6) is 0.961. The van der Waals surface area contributed by atoms with Crippen LogP contribution in [0.15, 0.2) is 77.3 Å². The first-order valence-corrected chi connectivity index (χ1v) is 26.5. The molecular formula is C51H68ClN15O4S. The lowest BCUT2D eigenvalue weighted by Gasteiger charge is -2.39. The topological polar surface area (TPSA) is 213 Å². The Morgan fingerprint density at radius 2 is 1.67 bits per heavy atom. The number of aliphatic hydroxyl groups excluding tert-OH is 1. The summed E-state index contributed by atoms with van der Waals surface area (Å²) in [7, 11) is 1.90. The second-order valence-corrected chi connectivity index (χ2v) is 22.0. The summed E-state index contributed by atoms with van der Waals surface area (Å²) < 4.78 is 3.38. The summed E-state index contributed by atoms with van der Waals surface area (Å²) in [5, 5.41) is 28.1. The van der Waals surface area contributed by atoms with Crippen molar-refractivity contribution in [3.05, 3.63) is 83.7 Å². The van der Waals surface area contributed by atoms with Crippen LogP contribution in [0.2, 0.25) is 5.02 Å². The molecule has 384 valence electrons. The number of nitrogens with zero attached hydrogens (tertiary/aromatic N) is 13.